The molecular weight excluding hydrogens is 522 g/mol. The number of pyridine rings is 1. The average molecular weight is 546 g/mol. The van der Waals surface area contributed by atoms with Crippen LogP contribution in [0.4, 0.5) is 17.6 Å². The Balaban J connectivity index is 1.52. The van der Waals surface area contributed by atoms with Gasteiger partial charge in [0, 0.05) is 16.4 Å². The van der Waals surface area contributed by atoms with E-state index in [-0.39, 0.29) is 18.2 Å². The molecule has 0 radical (unpaired) electrons. The first-order valence-corrected chi connectivity index (χ1v) is 13.4. The first-order valence-electron chi connectivity index (χ1n) is 12.0. The molecule has 0 atom stereocenters. The molecule has 0 amide bonds. The van der Waals surface area contributed by atoms with Gasteiger partial charge in [-0.15, -0.1) is 0 Å². The van der Waals surface area contributed by atoms with E-state index in [1.165, 1.54) is 24.3 Å². The highest BCUT2D eigenvalue weighted by Gasteiger charge is 2.50. The van der Waals surface area contributed by atoms with Gasteiger partial charge in [-0.3, -0.25) is 0 Å². The minimum absolute atomic E-state index is 0.0339. The van der Waals surface area contributed by atoms with Gasteiger partial charge in [0.2, 0.25) is 0 Å². The predicted octanol–water partition coefficient (Wildman–Crippen LogP) is 7.04. The van der Waals surface area contributed by atoms with E-state index >= 15 is 0 Å². The van der Waals surface area contributed by atoms with Crippen LogP contribution in [-0.4, -0.2) is 18.9 Å². The minimum Gasteiger partial charge on any atom is -0.487 e. The number of alkyl halides is 3. The van der Waals surface area contributed by atoms with Gasteiger partial charge in [0.05, 0.1) is 11.2 Å². The first kappa shape index (κ1) is 26.0. The lowest BCUT2D eigenvalue weighted by atomic mass is 9.72. The number of benzene rings is 3. The Hall–Kier alpha value is -3.66. The summed E-state index contributed by atoms with van der Waals surface area (Å²) in [6.07, 6.45) is 2.83. The van der Waals surface area contributed by atoms with Crippen molar-refractivity contribution in [1.82, 2.24) is 4.98 Å². The van der Waals surface area contributed by atoms with Crippen LogP contribution in [0.3, 0.4) is 0 Å². The van der Waals surface area contributed by atoms with Crippen molar-refractivity contribution < 1.29 is 34.9 Å². The first-order chi connectivity index (χ1) is 18.1. The number of rotatable bonds is 7. The molecule has 5 rings (SSSR count). The summed E-state index contributed by atoms with van der Waals surface area (Å²) in [7, 11) is -5.88. The number of hydrogen-bond acceptors (Lipinski definition) is 5. The van der Waals surface area contributed by atoms with Gasteiger partial charge in [0.15, 0.2) is 0 Å². The summed E-state index contributed by atoms with van der Waals surface area (Å²) in [5.41, 5.74) is -4.00. The maximum atomic E-state index is 13.5. The van der Waals surface area contributed by atoms with Crippen LogP contribution in [0.2, 0.25) is 0 Å². The van der Waals surface area contributed by atoms with Gasteiger partial charge < -0.3 is 8.92 Å². The summed E-state index contributed by atoms with van der Waals surface area (Å²) in [4.78, 5) is 4.46. The summed E-state index contributed by atoms with van der Waals surface area (Å²) in [5, 5.41) is 0.634. The maximum Gasteiger partial charge on any atom is 0.534 e. The van der Waals surface area contributed by atoms with Crippen LogP contribution in [0.5, 0.6) is 11.5 Å². The normalized spacial score (nSPS) is 15.5. The number of ether oxygens (including phenoxy) is 1. The van der Waals surface area contributed by atoms with Gasteiger partial charge >= 0.3 is 15.6 Å². The van der Waals surface area contributed by atoms with E-state index in [9.17, 15) is 26.0 Å². The Kier molecular flexibility index (Phi) is 6.77. The van der Waals surface area contributed by atoms with Crippen molar-refractivity contribution in [1.29, 1.82) is 0 Å². The zero-order valence-corrected chi connectivity index (χ0v) is 20.9. The topological polar surface area (TPSA) is 65.5 Å². The third-order valence-corrected chi connectivity index (χ3v) is 7.79. The summed E-state index contributed by atoms with van der Waals surface area (Å²) >= 11 is 0. The van der Waals surface area contributed by atoms with Gasteiger partial charge in [-0.1, -0.05) is 49.2 Å². The van der Waals surface area contributed by atoms with Crippen molar-refractivity contribution >= 4 is 21.0 Å². The lowest BCUT2D eigenvalue weighted by molar-refractivity contribution is -0.0500. The van der Waals surface area contributed by atoms with Crippen molar-refractivity contribution in [2.24, 2.45) is 0 Å². The number of hydrogen-bond donors (Lipinski definition) is 0. The van der Waals surface area contributed by atoms with Gasteiger partial charge in [0.25, 0.3) is 0 Å². The third-order valence-electron chi connectivity index (χ3n) is 6.83. The standard InChI is InChI=1S/C28H23F4NO4S/c29-21-9-12-25-19(16-21)8-10-22(33-25)18-36-23-11-13-26(37-38(34,35)28(30,31)32)24(17-23)27(14-4-5-15-27)20-6-2-1-3-7-20/h1-3,6-13,16-17H,4-5,14-15,18H2. The number of fused-ring (bicyclic) bond motifs is 1. The van der Waals surface area contributed by atoms with E-state index in [2.05, 4.69) is 9.17 Å². The second-order valence-corrected chi connectivity index (χ2v) is 10.8. The van der Waals surface area contributed by atoms with E-state index in [0.29, 0.717) is 40.8 Å². The molecule has 10 heteroatoms. The maximum absolute atomic E-state index is 13.5. The van der Waals surface area contributed by atoms with Crippen LogP contribution in [0.25, 0.3) is 10.9 Å². The fraction of sp³-hybridized carbons (Fsp3) is 0.250. The van der Waals surface area contributed by atoms with Crippen molar-refractivity contribution in [3.05, 3.63) is 102 Å². The zero-order chi connectivity index (χ0) is 27.0. The monoisotopic (exact) mass is 545 g/mol. The minimum atomic E-state index is -5.88. The van der Waals surface area contributed by atoms with Crippen LogP contribution in [0.15, 0.2) is 78.9 Å². The molecule has 0 unspecified atom stereocenters. The van der Waals surface area contributed by atoms with Crippen LogP contribution >= 0.6 is 0 Å². The SMILES string of the molecule is O=S(=O)(Oc1ccc(OCc2ccc3cc(F)ccc3n2)cc1C1(c2ccccc2)CCCC1)C(F)(F)F. The third kappa shape index (κ3) is 5.05. The molecule has 1 aliphatic rings. The number of halogens is 4. The highest BCUT2D eigenvalue weighted by Crippen LogP contribution is 2.50. The van der Waals surface area contributed by atoms with Crippen molar-refractivity contribution in [3.8, 4) is 11.5 Å². The Morgan fingerprint density at radius 1 is 0.895 bits per heavy atom. The lowest BCUT2D eigenvalue weighted by Gasteiger charge is -2.32. The molecular formula is C28H23F4NO4S. The molecule has 0 spiro atoms. The fourth-order valence-electron chi connectivity index (χ4n) is 5.04. The van der Waals surface area contributed by atoms with Crippen LogP contribution in [0, 0.1) is 5.82 Å². The summed E-state index contributed by atoms with van der Waals surface area (Å²) in [6.45, 7) is 0.0339. The van der Waals surface area contributed by atoms with Crippen molar-refractivity contribution in [3.63, 3.8) is 0 Å². The molecule has 38 heavy (non-hydrogen) atoms. The van der Waals surface area contributed by atoms with E-state index < -0.39 is 21.0 Å². The van der Waals surface area contributed by atoms with Crippen LogP contribution in [-0.2, 0) is 22.1 Å². The highest BCUT2D eigenvalue weighted by molar-refractivity contribution is 7.88. The van der Waals surface area contributed by atoms with E-state index in [1.807, 2.05) is 30.3 Å². The molecule has 1 aromatic heterocycles. The molecule has 3 aromatic carbocycles. The molecule has 1 heterocycles. The van der Waals surface area contributed by atoms with Gasteiger partial charge in [-0.25, -0.2) is 9.37 Å². The fourth-order valence-corrected chi connectivity index (χ4v) is 5.51. The molecule has 5 nitrogen and oxygen atoms in total. The van der Waals surface area contributed by atoms with Crippen LogP contribution < -0.4 is 8.92 Å². The Morgan fingerprint density at radius 3 is 2.34 bits per heavy atom. The predicted molar refractivity (Wildman–Crippen MR) is 134 cm³/mol. The summed E-state index contributed by atoms with van der Waals surface area (Å²) in [6, 6.07) is 21.0. The second-order valence-electron chi connectivity index (χ2n) is 9.22. The molecule has 1 fully saturated rings. The number of nitrogens with zero attached hydrogens (tertiary/aromatic N) is 1. The Morgan fingerprint density at radius 2 is 1.63 bits per heavy atom. The molecule has 1 aliphatic carbocycles. The quantitative estimate of drug-likeness (QED) is 0.142. The molecule has 0 bridgehead atoms. The lowest BCUT2D eigenvalue weighted by Crippen LogP contribution is -2.30. The van der Waals surface area contributed by atoms with E-state index in [4.69, 9.17) is 4.74 Å². The number of aromatic nitrogens is 1. The Bertz CT molecular complexity index is 1570. The molecule has 4 aromatic rings. The average Bonchev–Trinajstić information content (AvgIpc) is 3.39. The molecule has 1 saturated carbocycles. The smallest absolute Gasteiger partial charge is 0.487 e. The van der Waals surface area contributed by atoms with E-state index in [0.717, 1.165) is 18.4 Å². The van der Waals surface area contributed by atoms with Crippen molar-refractivity contribution in [2.45, 2.75) is 43.2 Å². The summed E-state index contributed by atoms with van der Waals surface area (Å²) in [5.74, 6) is -0.434. The molecule has 0 aliphatic heterocycles. The Labute approximate surface area is 217 Å². The largest absolute Gasteiger partial charge is 0.534 e. The van der Waals surface area contributed by atoms with E-state index in [1.54, 1.807) is 24.3 Å². The second kappa shape index (κ2) is 9.90. The highest BCUT2D eigenvalue weighted by atomic mass is 32.2. The summed E-state index contributed by atoms with van der Waals surface area (Å²) < 4.78 is 87.6. The zero-order valence-electron chi connectivity index (χ0n) is 20.0. The van der Waals surface area contributed by atoms with Gasteiger partial charge in [-0.2, -0.15) is 21.6 Å². The molecule has 0 saturated heterocycles. The van der Waals surface area contributed by atoms with Gasteiger partial charge in [-0.05, 0) is 60.9 Å². The van der Waals surface area contributed by atoms with Crippen LogP contribution in [0.1, 0.15) is 42.5 Å². The molecule has 0 N–H and O–H groups in total. The van der Waals surface area contributed by atoms with Gasteiger partial charge in [0.1, 0.15) is 23.9 Å². The van der Waals surface area contributed by atoms with Crippen molar-refractivity contribution in [2.75, 3.05) is 0 Å². The molecule has 198 valence electrons.